The van der Waals surface area contributed by atoms with E-state index >= 15 is 0 Å². The van der Waals surface area contributed by atoms with Crippen LogP contribution in [-0.4, -0.2) is 31.4 Å². The highest BCUT2D eigenvalue weighted by molar-refractivity contribution is 5.81. The van der Waals surface area contributed by atoms with Gasteiger partial charge in [-0.05, 0) is 18.1 Å². The Bertz CT molecular complexity index is 670. The molecule has 5 heteroatoms. The van der Waals surface area contributed by atoms with Crippen LogP contribution in [0.1, 0.15) is 12.0 Å². The lowest BCUT2D eigenvalue weighted by molar-refractivity contribution is -0.136. The Kier molecular flexibility index (Phi) is 6.66. The maximum Gasteiger partial charge on any atom is 0.264 e. The molecular weight excluding hydrogens is 306 g/mol. The van der Waals surface area contributed by atoms with Crippen LogP contribution < -0.4 is 5.32 Å². The minimum Gasteiger partial charge on any atom is -0.485 e. The first-order valence-corrected chi connectivity index (χ1v) is 7.66. The lowest BCUT2D eigenvalue weighted by Gasteiger charge is -2.27. The van der Waals surface area contributed by atoms with Crippen molar-refractivity contribution in [2.24, 2.45) is 0 Å². The van der Waals surface area contributed by atoms with E-state index in [0.717, 1.165) is 18.3 Å². The van der Waals surface area contributed by atoms with Crippen molar-refractivity contribution in [3.63, 3.8) is 0 Å². The average molecular weight is 325 g/mol. The molecule has 0 radical (unpaired) electrons. The monoisotopic (exact) mass is 325 g/mol. The van der Waals surface area contributed by atoms with E-state index in [1.165, 1.54) is 6.08 Å². The van der Waals surface area contributed by atoms with Crippen LogP contribution in [-0.2, 0) is 25.5 Å². The predicted octanol–water partition coefficient (Wildman–Crippen LogP) is 1.75. The van der Waals surface area contributed by atoms with E-state index in [1.807, 2.05) is 30.3 Å². The Morgan fingerprint density at radius 2 is 2.12 bits per heavy atom. The average Bonchev–Trinajstić information content (AvgIpc) is 2.62. The fraction of sp³-hybridized carbons (Fsp3) is 0.263. The lowest BCUT2D eigenvalue weighted by Crippen LogP contribution is -2.42. The van der Waals surface area contributed by atoms with Gasteiger partial charge in [0, 0.05) is 19.0 Å². The third-order valence-corrected chi connectivity index (χ3v) is 3.36. The SMILES string of the molecule is C#C/C=C1/OCC(C(=O)NCCc2ccccc2)O/C1=C/CC=O. The van der Waals surface area contributed by atoms with Crippen LogP contribution in [0.3, 0.4) is 0 Å². The second-order valence-corrected chi connectivity index (χ2v) is 5.09. The first-order chi connectivity index (χ1) is 11.7. The molecule has 0 bridgehead atoms. The molecule has 0 saturated carbocycles. The first kappa shape index (κ1) is 17.4. The van der Waals surface area contributed by atoms with Gasteiger partial charge in [0.25, 0.3) is 5.91 Å². The molecule has 124 valence electrons. The van der Waals surface area contributed by atoms with Gasteiger partial charge >= 0.3 is 0 Å². The molecule has 1 aromatic rings. The molecule has 0 spiro atoms. The number of terminal acetylenes is 1. The maximum atomic E-state index is 12.2. The summed E-state index contributed by atoms with van der Waals surface area (Å²) in [6.07, 6.45) is 9.02. The number of allylic oxidation sites excluding steroid dienone is 2. The van der Waals surface area contributed by atoms with E-state index in [-0.39, 0.29) is 18.9 Å². The summed E-state index contributed by atoms with van der Waals surface area (Å²) in [6.45, 7) is 0.576. The van der Waals surface area contributed by atoms with Crippen molar-refractivity contribution in [1.29, 1.82) is 0 Å². The highest BCUT2D eigenvalue weighted by atomic mass is 16.6. The number of rotatable bonds is 6. The van der Waals surface area contributed by atoms with Gasteiger partial charge in [-0.1, -0.05) is 36.3 Å². The molecular formula is C19H19NO4. The zero-order chi connectivity index (χ0) is 17.2. The van der Waals surface area contributed by atoms with Crippen LogP contribution >= 0.6 is 0 Å². The number of benzene rings is 1. The number of hydrogen-bond donors (Lipinski definition) is 1. The molecule has 1 N–H and O–H groups in total. The zero-order valence-electron chi connectivity index (χ0n) is 13.2. The van der Waals surface area contributed by atoms with E-state index in [2.05, 4.69) is 11.2 Å². The zero-order valence-corrected chi connectivity index (χ0v) is 13.2. The van der Waals surface area contributed by atoms with Gasteiger partial charge in [-0.15, -0.1) is 6.42 Å². The number of carbonyl (C=O) groups excluding carboxylic acids is 2. The first-order valence-electron chi connectivity index (χ1n) is 7.66. The number of ether oxygens (including phenoxy) is 2. The van der Waals surface area contributed by atoms with Gasteiger partial charge in [-0.2, -0.15) is 0 Å². The Labute approximate surface area is 141 Å². The van der Waals surface area contributed by atoms with Gasteiger partial charge < -0.3 is 19.6 Å². The summed E-state index contributed by atoms with van der Waals surface area (Å²) in [7, 11) is 0. The van der Waals surface area contributed by atoms with Gasteiger partial charge in [-0.25, -0.2) is 0 Å². The van der Waals surface area contributed by atoms with E-state index in [1.54, 1.807) is 6.08 Å². The van der Waals surface area contributed by atoms with Gasteiger partial charge in [0.1, 0.15) is 12.9 Å². The molecule has 1 fully saturated rings. The molecule has 1 heterocycles. The van der Waals surface area contributed by atoms with Crippen LogP contribution in [0.2, 0.25) is 0 Å². The molecule has 0 aliphatic carbocycles. The van der Waals surface area contributed by atoms with Crippen molar-refractivity contribution >= 4 is 12.2 Å². The topological polar surface area (TPSA) is 64.6 Å². The van der Waals surface area contributed by atoms with Gasteiger partial charge in [-0.3, -0.25) is 4.79 Å². The standard InChI is InChI=1S/C19H19NO4/c1-2-7-16-17(10-6-13-21)24-18(14-23-16)19(22)20-12-11-15-8-4-3-5-9-15/h1,3-5,7-10,13,18H,6,11-12,14H2,(H,20,22)/b16-7+,17-10+. The van der Waals surface area contributed by atoms with E-state index < -0.39 is 6.10 Å². The van der Waals surface area contributed by atoms with Gasteiger partial charge in [0.05, 0.1) is 0 Å². The summed E-state index contributed by atoms with van der Waals surface area (Å²) in [6, 6.07) is 9.87. The second-order valence-electron chi connectivity index (χ2n) is 5.09. The van der Waals surface area contributed by atoms with Crippen LogP contribution in [0.5, 0.6) is 0 Å². The largest absolute Gasteiger partial charge is 0.485 e. The van der Waals surface area contributed by atoms with Crippen LogP contribution in [0.25, 0.3) is 0 Å². The number of nitrogens with one attached hydrogen (secondary N) is 1. The Balaban J connectivity index is 1.89. The number of carbonyl (C=O) groups is 2. The van der Waals surface area contributed by atoms with Crippen LogP contribution in [0.4, 0.5) is 0 Å². The summed E-state index contributed by atoms with van der Waals surface area (Å²) in [5.41, 5.74) is 1.14. The third-order valence-electron chi connectivity index (χ3n) is 3.36. The number of amides is 1. The van der Waals surface area contributed by atoms with Crippen molar-refractivity contribution in [2.45, 2.75) is 18.9 Å². The molecule has 1 aromatic carbocycles. The van der Waals surface area contributed by atoms with Crippen LogP contribution in [0.15, 0.2) is 54.0 Å². The minimum atomic E-state index is -0.770. The Morgan fingerprint density at radius 3 is 2.83 bits per heavy atom. The normalized spacial score (nSPS) is 19.9. The van der Waals surface area contributed by atoms with Crippen molar-refractivity contribution in [3.8, 4) is 12.3 Å². The van der Waals surface area contributed by atoms with E-state index in [4.69, 9.17) is 15.9 Å². The van der Waals surface area contributed by atoms with Crippen molar-refractivity contribution in [2.75, 3.05) is 13.2 Å². The molecule has 2 rings (SSSR count). The highest BCUT2D eigenvalue weighted by Crippen LogP contribution is 2.22. The predicted molar refractivity (Wildman–Crippen MR) is 89.7 cm³/mol. The summed E-state index contributed by atoms with van der Waals surface area (Å²) < 4.78 is 11.1. The molecule has 1 amide bonds. The molecule has 0 aromatic heterocycles. The fourth-order valence-electron chi connectivity index (χ4n) is 2.19. The Morgan fingerprint density at radius 1 is 1.33 bits per heavy atom. The quantitative estimate of drug-likeness (QED) is 0.639. The van der Waals surface area contributed by atoms with E-state index in [0.29, 0.717) is 18.1 Å². The summed E-state index contributed by atoms with van der Waals surface area (Å²) in [4.78, 5) is 22.7. The summed E-state index contributed by atoms with van der Waals surface area (Å²) in [5.74, 6) is 2.75. The molecule has 1 aliphatic heterocycles. The van der Waals surface area contributed by atoms with Crippen molar-refractivity contribution < 1.29 is 19.1 Å². The molecule has 1 atom stereocenters. The number of hydrogen-bond acceptors (Lipinski definition) is 4. The molecule has 24 heavy (non-hydrogen) atoms. The fourth-order valence-corrected chi connectivity index (χ4v) is 2.19. The Hall–Kier alpha value is -3.00. The third kappa shape index (κ3) is 5.03. The number of aldehydes is 1. The summed E-state index contributed by atoms with van der Waals surface area (Å²) in [5, 5.41) is 2.82. The van der Waals surface area contributed by atoms with E-state index in [9.17, 15) is 9.59 Å². The van der Waals surface area contributed by atoms with Crippen molar-refractivity contribution in [3.05, 3.63) is 59.6 Å². The van der Waals surface area contributed by atoms with Crippen LogP contribution in [0, 0.1) is 12.3 Å². The molecule has 1 aliphatic rings. The second kappa shape index (κ2) is 9.21. The van der Waals surface area contributed by atoms with Gasteiger partial charge in [0.2, 0.25) is 6.10 Å². The smallest absolute Gasteiger partial charge is 0.264 e. The lowest BCUT2D eigenvalue weighted by atomic mass is 10.1. The minimum absolute atomic E-state index is 0.0725. The van der Waals surface area contributed by atoms with Crippen molar-refractivity contribution in [1.82, 2.24) is 5.32 Å². The maximum absolute atomic E-state index is 12.2. The highest BCUT2D eigenvalue weighted by Gasteiger charge is 2.28. The molecule has 1 saturated heterocycles. The summed E-state index contributed by atoms with van der Waals surface area (Å²) >= 11 is 0. The molecule has 5 nitrogen and oxygen atoms in total. The molecule has 1 unspecified atom stereocenters. The van der Waals surface area contributed by atoms with Gasteiger partial charge in [0.15, 0.2) is 11.5 Å².